The van der Waals surface area contributed by atoms with Gasteiger partial charge in [-0.2, -0.15) is 0 Å². The van der Waals surface area contributed by atoms with Gasteiger partial charge in [0.25, 0.3) is 0 Å². The van der Waals surface area contributed by atoms with Gasteiger partial charge in [-0.25, -0.2) is 0 Å². The molecular formula is C18H26N2. The highest BCUT2D eigenvalue weighted by Crippen LogP contribution is 2.56. The molecule has 2 heteroatoms. The van der Waals surface area contributed by atoms with E-state index in [9.17, 15) is 0 Å². The Kier molecular flexibility index (Phi) is 2.94. The lowest BCUT2D eigenvalue weighted by Gasteiger charge is -2.36. The van der Waals surface area contributed by atoms with Gasteiger partial charge in [0, 0.05) is 11.6 Å². The van der Waals surface area contributed by atoms with Crippen LogP contribution in [0.5, 0.6) is 0 Å². The molecule has 3 fully saturated rings. The monoisotopic (exact) mass is 270 g/mol. The zero-order chi connectivity index (χ0) is 13.7. The average molecular weight is 270 g/mol. The van der Waals surface area contributed by atoms with E-state index in [-0.39, 0.29) is 5.54 Å². The molecule has 0 spiro atoms. The van der Waals surface area contributed by atoms with Crippen LogP contribution < -0.4 is 11.5 Å². The van der Waals surface area contributed by atoms with E-state index in [2.05, 4.69) is 24.3 Å². The summed E-state index contributed by atoms with van der Waals surface area (Å²) in [5, 5.41) is 0. The Labute approximate surface area is 121 Å². The van der Waals surface area contributed by atoms with Crippen LogP contribution in [0.4, 0.5) is 0 Å². The Morgan fingerprint density at radius 1 is 0.900 bits per heavy atom. The van der Waals surface area contributed by atoms with Gasteiger partial charge in [-0.15, -0.1) is 0 Å². The third kappa shape index (κ3) is 2.29. The summed E-state index contributed by atoms with van der Waals surface area (Å²) in [6.07, 6.45) is 8.52. The van der Waals surface area contributed by atoms with Gasteiger partial charge < -0.3 is 11.5 Å². The maximum atomic E-state index is 6.69. The highest BCUT2D eigenvalue weighted by atomic mass is 14.8. The molecule has 0 aliphatic heterocycles. The molecule has 0 radical (unpaired) electrons. The SMILES string of the molecule is NC1CCC(N)([C@@H]2C[C@H]2c2ccc(C3CC3)cc2)CC1. The topological polar surface area (TPSA) is 52.0 Å². The van der Waals surface area contributed by atoms with Gasteiger partial charge in [-0.1, -0.05) is 24.3 Å². The van der Waals surface area contributed by atoms with E-state index in [0.717, 1.165) is 31.6 Å². The van der Waals surface area contributed by atoms with Crippen LogP contribution in [0.25, 0.3) is 0 Å². The molecular weight excluding hydrogens is 244 g/mol. The van der Waals surface area contributed by atoms with Gasteiger partial charge >= 0.3 is 0 Å². The van der Waals surface area contributed by atoms with E-state index in [1.807, 2.05) is 0 Å². The van der Waals surface area contributed by atoms with Gasteiger partial charge in [0.15, 0.2) is 0 Å². The quantitative estimate of drug-likeness (QED) is 0.885. The molecule has 3 aliphatic carbocycles. The molecule has 0 bridgehead atoms. The van der Waals surface area contributed by atoms with Crippen molar-refractivity contribution in [1.29, 1.82) is 0 Å². The minimum Gasteiger partial charge on any atom is -0.328 e. The van der Waals surface area contributed by atoms with E-state index in [4.69, 9.17) is 11.5 Å². The fourth-order valence-electron chi connectivity index (χ4n) is 4.18. The summed E-state index contributed by atoms with van der Waals surface area (Å²) >= 11 is 0. The first-order valence-electron chi connectivity index (χ1n) is 8.30. The lowest BCUT2D eigenvalue weighted by atomic mass is 9.76. The molecule has 20 heavy (non-hydrogen) atoms. The second kappa shape index (κ2) is 4.57. The van der Waals surface area contributed by atoms with Gasteiger partial charge in [-0.05, 0) is 73.8 Å². The van der Waals surface area contributed by atoms with Gasteiger partial charge in [0.2, 0.25) is 0 Å². The van der Waals surface area contributed by atoms with E-state index in [1.54, 1.807) is 0 Å². The zero-order valence-corrected chi connectivity index (χ0v) is 12.2. The van der Waals surface area contributed by atoms with Crippen molar-refractivity contribution < 1.29 is 0 Å². The molecule has 1 aromatic carbocycles. The fraction of sp³-hybridized carbons (Fsp3) is 0.667. The summed E-state index contributed by atoms with van der Waals surface area (Å²) in [5.41, 5.74) is 15.8. The first kappa shape index (κ1) is 12.8. The summed E-state index contributed by atoms with van der Waals surface area (Å²) in [5.74, 6) is 2.27. The fourth-order valence-corrected chi connectivity index (χ4v) is 4.18. The third-order valence-electron chi connectivity index (χ3n) is 5.90. The number of hydrogen-bond donors (Lipinski definition) is 2. The van der Waals surface area contributed by atoms with Gasteiger partial charge in [0.05, 0.1) is 0 Å². The number of benzene rings is 1. The minimum absolute atomic E-state index is 0.0652. The number of rotatable bonds is 3. The zero-order valence-electron chi connectivity index (χ0n) is 12.2. The average Bonchev–Trinajstić information content (AvgIpc) is 3.35. The Hall–Kier alpha value is -0.860. The molecule has 0 amide bonds. The van der Waals surface area contributed by atoms with E-state index >= 15 is 0 Å². The van der Waals surface area contributed by atoms with Crippen LogP contribution in [-0.4, -0.2) is 11.6 Å². The van der Waals surface area contributed by atoms with Crippen molar-refractivity contribution in [1.82, 2.24) is 0 Å². The van der Waals surface area contributed by atoms with Crippen LogP contribution >= 0.6 is 0 Å². The van der Waals surface area contributed by atoms with E-state index < -0.39 is 0 Å². The molecule has 0 saturated heterocycles. The maximum Gasteiger partial charge on any atom is 0.0190 e. The van der Waals surface area contributed by atoms with Crippen LogP contribution in [0.15, 0.2) is 24.3 Å². The molecule has 108 valence electrons. The number of nitrogens with two attached hydrogens (primary N) is 2. The van der Waals surface area contributed by atoms with Crippen LogP contribution in [0, 0.1) is 5.92 Å². The van der Waals surface area contributed by atoms with Crippen LogP contribution in [0.2, 0.25) is 0 Å². The van der Waals surface area contributed by atoms with Crippen LogP contribution in [-0.2, 0) is 0 Å². The third-order valence-corrected chi connectivity index (χ3v) is 5.90. The standard InChI is InChI=1S/C18H26N2/c19-15-7-9-18(20,10-8-15)17-11-16(17)14-5-3-13(4-6-14)12-1-2-12/h3-6,12,15-17H,1-2,7-11,19-20H2/t15?,16-,17+,18?/m0/s1. The first-order chi connectivity index (χ1) is 9.66. The highest BCUT2D eigenvalue weighted by Gasteiger charge is 2.51. The van der Waals surface area contributed by atoms with E-state index in [1.165, 1.54) is 30.4 Å². The lowest BCUT2D eigenvalue weighted by Crippen LogP contribution is -2.48. The van der Waals surface area contributed by atoms with Gasteiger partial charge in [0.1, 0.15) is 0 Å². The highest BCUT2D eigenvalue weighted by molar-refractivity contribution is 5.34. The molecule has 3 aliphatic rings. The molecule has 4 rings (SSSR count). The van der Waals surface area contributed by atoms with Crippen molar-refractivity contribution in [3.63, 3.8) is 0 Å². The van der Waals surface area contributed by atoms with Gasteiger partial charge in [-0.3, -0.25) is 0 Å². The summed E-state index contributed by atoms with van der Waals surface area (Å²) in [6.45, 7) is 0. The second-order valence-corrected chi connectivity index (χ2v) is 7.46. The van der Waals surface area contributed by atoms with Crippen LogP contribution in [0.1, 0.15) is 67.9 Å². The molecule has 0 heterocycles. The summed E-state index contributed by atoms with van der Waals surface area (Å²) < 4.78 is 0. The Balaban J connectivity index is 1.43. The Morgan fingerprint density at radius 3 is 2.10 bits per heavy atom. The largest absolute Gasteiger partial charge is 0.328 e. The summed E-state index contributed by atoms with van der Waals surface area (Å²) in [4.78, 5) is 0. The maximum absolute atomic E-state index is 6.69. The smallest absolute Gasteiger partial charge is 0.0190 e. The predicted molar refractivity (Wildman–Crippen MR) is 82.6 cm³/mol. The normalized spacial score (nSPS) is 40.6. The molecule has 3 saturated carbocycles. The van der Waals surface area contributed by atoms with Crippen molar-refractivity contribution in [3.05, 3.63) is 35.4 Å². The predicted octanol–water partition coefficient (Wildman–Crippen LogP) is 3.27. The Bertz CT molecular complexity index is 481. The summed E-state index contributed by atoms with van der Waals surface area (Å²) in [7, 11) is 0. The molecule has 0 aromatic heterocycles. The van der Waals surface area contributed by atoms with Crippen molar-refractivity contribution >= 4 is 0 Å². The number of hydrogen-bond acceptors (Lipinski definition) is 2. The lowest BCUT2D eigenvalue weighted by molar-refractivity contribution is 0.239. The molecule has 2 nitrogen and oxygen atoms in total. The van der Waals surface area contributed by atoms with Crippen molar-refractivity contribution in [2.24, 2.45) is 17.4 Å². The van der Waals surface area contributed by atoms with Crippen molar-refractivity contribution in [2.45, 2.75) is 68.4 Å². The Morgan fingerprint density at radius 2 is 1.50 bits per heavy atom. The molecule has 2 atom stereocenters. The second-order valence-electron chi connectivity index (χ2n) is 7.46. The molecule has 4 N–H and O–H groups in total. The van der Waals surface area contributed by atoms with E-state index in [0.29, 0.717) is 17.9 Å². The van der Waals surface area contributed by atoms with Crippen LogP contribution in [0.3, 0.4) is 0 Å². The molecule has 1 aromatic rings. The first-order valence-corrected chi connectivity index (χ1v) is 8.30. The molecule has 0 unspecified atom stereocenters. The minimum atomic E-state index is 0.0652. The van der Waals surface area contributed by atoms with Crippen molar-refractivity contribution in [3.8, 4) is 0 Å². The van der Waals surface area contributed by atoms with Crippen molar-refractivity contribution in [2.75, 3.05) is 0 Å². The summed E-state index contributed by atoms with van der Waals surface area (Å²) in [6, 6.07) is 9.80.